The van der Waals surface area contributed by atoms with Gasteiger partial charge in [-0.25, -0.2) is 4.98 Å². The van der Waals surface area contributed by atoms with Gasteiger partial charge in [-0.2, -0.15) is 13.2 Å². The van der Waals surface area contributed by atoms with Crippen LogP contribution in [0.3, 0.4) is 0 Å². The summed E-state index contributed by atoms with van der Waals surface area (Å²) in [6.07, 6.45) is -0.488. The maximum Gasteiger partial charge on any atom is 0.433 e. The van der Waals surface area contributed by atoms with Crippen molar-refractivity contribution in [3.63, 3.8) is 0 Å². The Morgan fingerprint density at radius 3 is 2.50 bits per heavy atom. The molecule has 0 atom stereocenters. The molecule has 0 radical (unpaired) electrons. The molecule has 30 heavy (non-hydrogen) atoms. The van der Waals surface area contributed by atoms with Crippen LogP contribution in [0.2, 0.25) is 0 Å². The Morgan fingerprint density at radius 2 is 1.87 bits per heavy atom. The Hall–Kier alpha value is -2.52. The summed E-state index contributed by atoms with van der Waals surface area (Å²) < 4.78 is 44.1. The number of ether oxygens (including phenoxy) is 1. The van der Waals surface area contributed by atoms with Crippen LogP contribution in [0.25, 0.3) is 0 Å². The van der Waals surface area contributed by atoms with Gasteiger partial charge in [-0.15, -0.1) is 0 Å². The fourth-order valence-electron chi connectivity index (χ4n) is 3.39. The molecule has 0 aliphatic carbocycles. The quantitative estimate of drug-likeness (QED) is 0.686. The van der Waals surface area contributed by atoms with Crippen molar-refractivity contribution < 1.29 is 22.7 Å². The Morgan fingerprint density at radius 1 is 1.17 bits per heavy atom. The van der Waals surface area contributed by atoms with E-state index in [-0.39, 0.29) is 17.2 Å². The molecule has 3 heterocycles. The first-order chi connectivity index (χ1) is 14.3. The lowest BCUT2D eigenvalue weighted by Crippen LogP contribution is -2.39. The molecule has 1 aliphatic rings. The molecule has 3 rings (SSSR count). The zero-order chi connectivity index (χ0) is 21.6. The Balaban J connectivity index is 1.73. The molecule has 1 fully saturated rings. The van der Waals surface area contributed by atoms with E-state index in [0.29, 0.717) is 26.3 Å². The highest BCUT2D eigenvalue weighted by atomic mass is 19.4. The van der Waals surface area contributed by atoms with Gasteiger partial charge in [0, 0.05) is 45.1 Å². The second-order valence-corrected chi connectivity index (χ2v) is 7.22. The Bertz CT molecular complexity index is 840. The number of morpholine rings is 1. The predicted octanol–water partition coefficient (Wildman–Crippen LogP) is 3.17. The Kier molecular flexibility index (Phi) is 7.38. The second-order valence-electron chi connectivity index (χ2n) is 7.22. The number of carbonyl (C=O) groups is 1. The van der Waals surface area contributed by atoms with Gasteiger partial charge in [-0.3, -0.25) is 14.7 Å². The van der Waals surface area contributed by atoms with Gasteiger partial charge in [0.2, 0.25) is 0 Å². The lowest BCUT2D eigenvalue weighted by molar-refractivity contribution is -0.141. The zero-order valence-corrected chi connectivity index (χ0v) is 16.9. The minimum absolute atomic E-state index is 0.0720. The van der Waals surface area contributed by atoms with Crippen LogP contribution in [-0.2, 0) is 17.5 Å². The van der Waals surface area contributed by atoms with Gasteiger partial charge in [0.1, 0.15) is 5.69 Å². The highest BCUT2D eigenvalue weighted by Crippen LogP contribution is 2.28. The van der Waals surface area contributed by atoms with Crippen molar-refractivity contribution in [3.05, 3.63) is 59.2 Å². The van der Waals surface area contributed by atoms with Crippen LogP contribution < -0.4 is 0 Å². The lowest BCUT2D eigenvalue weighted by atomic mass is 10.1. The smallest absolute Gasteiger partial charge is 0.379 e. The van der Waals surface area contributed by atoms with Crippen molar-refractivity contribution in [3.8, 4) is 0 Å². The van der Waals surface area contributed by atoms with Crippen molar-refractivity contribution in [2.45, 2.75) is 26.1 Å². The monoisotopic (exact) mass is 422 g/mol. The average molecular weight is 422 g/mol. The molecule has 0 aromatic carbocycles. The van der Waals surface area contributed by atoms with Crippen molar-refractivity contribution in [2.24, 2.45) is 0 Å². The summed E-state index contributed by atoms with van der Waals surface area (Å²) in [4.78, 5) is 24.7. The van der Waals surface area contributed by atoms with E-state index >= 15 is 0 Å². The third-order valence-corrected chi connectivity index (χ3v) is 5.02. The summed E-state index contributed by atoms with van der Waals surface area (Å²) >= 11 is 0. The molecule has 0 unspecified atom stereocenters. The van der Waals surface area contributed by atoms with Crippen LogP contribution in [0.1, 0.15) is 33.7 Å². The second kappa shape index (κ2) is 9.99. The van der Waals surface area contributed by atoms with Crippen LogP contribution in [-0.4, -0.2) is 65.1 Å². The summed E-state index contributed by atoms with van der Waals surface area (Å²) in [6.45, 7) is 6.23. The summed E-state index contributed by atoms with van der Waals surface area (Å²) in [5, 5.41) is 0. The lowest BCUT2D eigenvalue weighted by Gasteiger charge is -2.28. The summed E-state index contributed by atoms with van der Waals surface area (Å²) in [5.41, 5.74) is 0.165. The van der Waals surface area contributed by atoms with Crippen LogP contribution in [0, 0.1) is 6.92 Å². The maximum atomic E-state index is 13.2. The molecule has 0 saturated carbocycles. The van der Waals surface area contributed by atoms with Gasteiger partial charge < -0.3 is 9.64 Å². The zero-order valence-electron chi connectivity index (χ0n) is 16.9. The fourth-order valence-corrected chi connectivity index (χ4v) is 3.39. The third-order valence-electron chi connectivity index (χ3n) is 5.02. The summed E-state index contributed by atoms with van der Waals surface area (Å²) in [5.74, 6) is -0.326. The average Bonchev–Trinajstić information content (AvgIpc) is 2.73. The number of hydrogen-bond donors (Lipinski definition) is 0. The first-order valence-electron chi connectivity index (χ1n) is 9.88. The molecule has 2 aromatic rings. The van der Waals surface area contributed by atoms with Crippen molar-refractivity contribution in [1.82, 2.24) is 19.8 Å². The summed E-state index contributed by atoms with van der Waals surface area (Å²) in [6, 6.07) is 5.72. The molecule has 1 saturated heterocycles. The summed E-state index contributed by atoms with van der Waals surface area (Å²) in [7, 11) is 0. The molecule has 0 bridgehead atoms. The van der Waals surface area contributed by atoms with E-state index in [1.807, 2.05) is 12.1 Å². The molecular formula is C21H25F3N4O2. The van der Waals surface area contributed by atoms with E-state index in [9.17, 15) is 18.0 Å². The highest BCUT2D eigenvalue weighted by molar-refractivity contribution is 5.95. The van der Waals surface area contributed by atoms with Gasteiger partial charge in [-0.05, 0) is 43.2 Å². The van der Waals surface area contributed by atoms with Crippen molar-refractivity contribution in [2.75, 3.05) is 39.4 Å². The van der Waals surface area contributed by atoms with Crippen molar-refractivity contribution >= 4 is 5.91 Å². The van der Waals surface area contributed by atoms with E-state index in [1.165, 1.54) is 13.0 Å². The number of hydrogen-bond acceptors (Lipinski definition) is 5. The molecule has 1 aliphatic heterocycles. The van der Waals surface area contributed by atoms with Crippen LogP contribution in [0.15, 0.2) is 36.7 Å². The molecular weight excluding hydrogens is 397 g/mol. The van der Waals surface area contributed by atoms with Crippen LogP contribution in [0.4, 0.5) is 13.2 Å². The topological polar surface area (TPSA) is 58.6 Å². The number of aromatic nitrogens is 2. The number of rotatable bonds is 7. The SMILES string of the molecule is Cc1nc(C(F)(F)F)ccc1C(=O)N(CCCN1CCOCC1)Cc1ccncc1. The fraction of sp³-hybridized carbons (Fsp3) is 0.476. The van der Waals surface area contributed by atoms with Gasteiger partial charge in [0.15, 0.2) is 0 Å². The first-order valence-corrected chi connectivity index (χ1v) is 9.88. The maximum absolute atomic E-state index is 13.2. The largest absolute Gasteiger partial charge is 0.433 e. The molecule has 1 amide bonds. The molecule has 0 spiro atoms. The van der Waals surface area contributed by atoms with Gasteiger partial charge >= 0.3 is 6.18 Å². The normalized spacial score (nSPS) is 15.2. The Labute approximate surface area is 173 Å². The third kappa shape index (κ3) is 5.99. The van der Waals surface area contributed by atoms with Gasteiger partial charge in [-0.1, -0.05) is 0 Å². The van der Waals surface area contributed by atoms with E-state index in [2.05, 4.69) is 14.9 Å². The number of pyridine rings is 2. The molecule has 162 valence electrons. The van der Waals surface area contributed by atoms with E-state index < -0.39 is 11.9 Å². The minimum atomic E-state index is -4.54. The molecule has 6 nitrogen and oxygen atoms in total. The minimum Gasteiger partial charge on any atom is -0.379 e. The van der Waals surface area contributed by atoms with Gasteiger partial charge in [0.05, 0.1) is 24.5 Å². The molecule has 9 heteroatoms. The standard InChI is InChI=1S/C21H25F3N4O2/c1-16-18(3-4-19(26-16)21(22,23)24)20(29)28(15-17-5-7-25-8-6-17)10-2-9-27-11-13-30-14-12-27/h3-8H,2,9-15H2,1H3. The van der Waals surface area contributed by atoms with Crippen LogP contribution >= 0.6 is 0 Å². The highest BCUT2D eigenvalue weighted by Gasteiger charge is 2.33. The first kappa shape index (κ1) is 22.2. The number of halogens is 3. The van der Waals surface area contributed by atoms with E-state index in [1.54, 1.807) is 17.3 Å². The van der Waals surface area contributed by atoms with E-state index in [4.69, 9.17) is 4.74 Å². The number of aryl methyl sites for hydroxylation is 1. The van der Waals surface area contributed by atoms with Crippen molar-refractivity contribution in [1.29, 1.82) is 0 Å². The molecule has 0 N–H and O–H groups in total. The number of carbonyl (C=O) groups excluding carboxylic acids is 1. The predicted molar refractivity (Wildman–Crippen MR) is 105 cm³/mol. The number of alkyl halides is 3. The molecule has 2 aromatic heterocycles. The van der Waals surface area contributed by atoms with E-state index in [0.717, 1.165) is 37.7 Å². The van der Waals surface area contributed by atoms with Crippen LogP contribution in [0.5, 0.6) is 0 Å². The number of amides is 1. The van der Waals surface area contributed by atoms with Gasteiger partial charge in [0.25, 0.3) is 5.91 Å². The number of nitrogens with zero attached hydrogens (tertiary/aromatic N) is 4.